The van der Waals surface area contributed by atoms with E-state index in [4.69, 9.17) is 11.6 Å². The van der Waals surface area contributed by atoms with E-state index in [0.29, 0.717) is 6.42 Å². The minimum Gasteiger partial charge on any atom is -0.336 e. The molecule has 21 heavy (non-hydrogen) atoms. The third kappa shape index (κ3) is 3.14. The maximum Gasteiger partial charge on any atom is 0.223 e. The quantitative estimate of drug-likeness (QED) is 0.864. The second-order valence-corrected chi connectivity index (χ2v) is 7.15. The fraction of sp³-hybridized carbons (Fsp3) is 0.467. The number of halogens is 1. The molecule has 0 aromatic carbocycles. The SMILES string of the molecule is Cn1ccnc1C1CCCN1C(=O)CCc1ccc(Cl)s1. The number of aromatic nitrogens is 2. The lowest BCUT2D eigenvalue weighted by molar-refractivity contribution is -0.132. The second kappa shape index (κ2) is 6.20. The molecule has 0 spiro atoms. The standard InChI is InChI=1S/C15H18ClN3OS/c1-18-10-8-17-15(18)12-3-2-9-19(12)14(20)7-5-11-4-6-13(16)21-11/h4,6,8,10,12H,2-3,5,7,9H2,1H3. The molecule has 3 rings (SSSR count). The number of amides is 1. The monoisotopic (exact) mass is 323 g/mol. The smallest absolute Gasteiger partial charge is 0.223 e. The zero-order valence-electron chi connectivity index (χ0n) is 12.0. The minimum atomic E-state index is 0.129. The van der Waals surface area contributed by atoms with Crippen molar-refractivity contribution >= 4 is 28.8 Å². The van der Waals surface area contributed by atoms with Gasteiger partial charge < -0.3 is 9.47 Å². The van der Waals surface area contributed by atoms with Crippen molar-refractivity contribution in [1.82, 2.24) is 14.5 Å². The molecule has 0 bridgehead atoms. The van der Waals surface area contributed by atoms with Crippen LogP contribution in [0.15, 0.2) is 24.5 Å². The van der Waals surface area contributed by atoms with Gasteiger partial charge in [0.25, 0.3) is 0 Å². The lowest BCUT2D eigenvalue weighted by Gasteiger charge is -2.24. The normalized spacial score (nSPS) is 18.4. The molecule has 2 aromatic rings. The largest absolute Gasteiger partial charge is 0.336 e. The van der Waals surface area contributed by atoms with Gasteiger partial charge in [-0.1, -0.05) is 11.6 Å². The van der Waals surface area contributed by atoms with Crippen molar-refractivity contribution in [2.75, 3.05) is 6.54 Å². The Hall–Kier alpha value is -1.33. The molecule has 1 saturated heterocycles. The van der Waals surface area contributed by atoms with Crippen LogP contribution in [0, 0.1) is 0 Å². The van der Waals surface area contributed by atoms with Gasteiger partial charge in [-0.05, 0) is 31.4 Å². The summed E-state index contributed by atoms with van der Waals surface area (Å²) in [5, 5.41) is 0. The van der Waals surface area contributed by atoms with Crippen molar-refractivity contribution in [2.45, 2.75) is 31.7 Å². The van der Waals surface area contributed by atoms with Gasteiger partial charge in [0, 0.05) is 37.3 Å². The average Bonchev–Trinajstić information content (AvgIpc) is 3.16. The van der Waals surface area contributed by atoms with Crippen LogP contribution in [-0.2, 0) is 18.3 Å². The van der Waals surface area contributed by atoms with E-state index in [9.17, 15) is 4.79 Å². The van der Waals surface area contributed by atoms with Crippen molar-refractivity contribution in [3.8, 4) is 0 Å². The van der Waals surface area contributed by atoms with Crippen molar-refractivity contribution in [3.63, 3.8) is 0 Å². The molecular weight excluding hydrogens is 306 g/mol. The van der Waals surface area contributed by atoms with Gasteiger partial charge in [-0.2, -0.15) is 0 Å². The van der Waals surface area contributed by atoms with Crippen molar-refractivity contribution in [2.24, 2.45) is 7.05 Å². The Labute approximate surface area is 133 Å². The first kappa shape index (κ1) is 14.6. The highest BCUT2D eigenvalue weighted by atomic mass is 35.5. The number of likely N-dealkylation sites (tertiary alicyclic amines) is 1. The molecule has 1 amide bonds. The Bertz CT molecular complexity index is 636. The van der Waals surface area contributed by atoms with Gasteiger partial charge in [0.1, 0.15) is 5.82 Å². The summed E-state index contributed by atoms with van der Waals surface area (Å²) in [5.41, 5.74) is 0. The van der Waals surface area contributed by atoms with Crippen LogP contribution in [-0.4, -0.2) is 26.9 Å². The molecule has 0 radical (unpaired) electrons. The molecule has 0 aliphatic carbocycles. The molecule has 1 unspecified atom stereocenters. The summed E-state index contributed by atoms with van der Waals surface area (Å²) < 4.78 is 2.79. The Balaban J connectivity index is 1.65. The summed E-state index contributed by atoms with van der Waals surface area (Å²) in [6, 6.07) is 4.02. The van der Waals surface area contributed by atoms with Crippen LogP contribution in [0.25, 0.3) is 0 Å². The highest BCUT2D eigenvalue weighted by molar-refractivity contribution is 7.16. The van der Waals surface area contributed by atoms with Gasteiger partial charge >= 0.3 is 0 Å². The van der Waals surface area contributed by atoms with E-state index in [-0.39, 0.29) is 11.9 Å². The molecule has 6 heteroatoms. The van der Waals surface area contributed by atoms with Gasteiger partial charge in [0.15, 0.2) is 0 Å². The number of hydrogen-bond acceptors (Lipinski definition) is 3. The summed E-state index contributed by atoms with van der Waals surface area (Å²) in [7, 11) is 1.98. The summed E-state index contributed by atoms with van der Waals surface area (Å²) in [5.74, 6) is 1.20. The predicted molar refractivity (Wildman–Crippen MR) is 84.5 cm³/mol. The lowest BCUT2D eigenvalue weighted by atomic mass is 10.2. The summed E-state index contributed by atoms with van der Waals surface area (Å²) in [6.45, 7) is 0.835. The highest BCUT2D eigenvalue weighted by Crippen LogP contribution is 2.31. The van der Waals surface area contributed by atoms with Crippen LogP contribution in [0.3, 0.4) is 0 Å². The van der Waals surface area contributed by atoms with E-state index in [1.54, 1.807) is 17.5 Å². The first-order chi connectivity index (χ1) is 10.1. The molecule has 112 valence electrons. The summed E-state index contributed by atoms with van der Waals surface area (Å²) in [4.78, 5) is 20.1. The van der Waals surface area contributed by atoms with Crippen LogP contribution >= 0.6 is 22.9 Å². The van der Waals surface area contributed by atoms with E-state index in [2.05, 4.69) is 4.98 Å². The molecule has 1 aliphatic rings. The van der Waals surface area contributed by atoms with E-state index in [1.165, 1.54) is 4.88 Å². The van der Waals surface area contributed by atoms with E-state index in [0.717, 1.165) is 36.0 Å². The Morgan fingerprint density at radius 1 is 1.52 bits per heavy atom. The molecule has 1 fully saturated rings. The molecule has 0 N–H and O–H groups in total. The van der Waals surface area contributed by atoms with Crippen molar-refractivity contribution < 1.29 is 4.79 Å². The van der Waals surface area contributed by atoms with Crippen LogP contribution in [0.5, 0.6) is 0 Å². The molecule has 1 aliphatic heterocycles. The van der Waals surface area contributed by atoms with E-state index < -0.39 is 0 Å². The van der Waals surface area contributed by atoms with Crippen LogP contribution in [0.1, 0.15) is 36.0 Å². The van der Waals surface area contributed by atoms with Gasteiger partial charge in [-0.15, -0.1) is 11.3 Å². The maximum absolute atomic E-state index is 12.5. The number of thiophene rings is 1. The first-order valence-electron chi connectivity index (χ1n) is 7.16. The molecule has 1 atom stereocenters. The minimum absolute atomic E-state index is 0.129. The predicted octanol–water partition coefficient (Wildman–Crippen LogP) is 3.43. The van der Waals surface area contributed by atoms with E-state index in [1.807, 2.05) is 34.8 Å². The van der Waals surface area contributed by atoms with Crippen LogP contribution in [0.2, 0.25) is 4.34 Å². The van der Waals surface area contributed by atoms with Gasteiger partial charge in [-0.25, -0.2) is 4.98 Å². The molecular formula is C15H18ClN3OS. The maximum atomic E-state index is 12.5. The molecule has 3 heterocycles. The van der Waals surface area contributed by atoms with Crippen LogP contribution < -0.4 is 0 Å². The van der Waals surface area contributed by atoms with Crippen molar-refractivity contribution in [1.29, 1.82) is 0 Å². The Kier molecular flexibility index (Phi) is 4.31. The fourth-order valence-electron chi connectivity index (χ4n) is 2.89. The first-order valence-corrected chi connectivity index (χ1v) is 8.35. The zero-order chi connectivity index (χ0) is 14.8. The average molecular weight is 324 g/mol. The number of aryl methyl sites for hydroxylation is 2. The number of rotatable bonds is 4. The van der Waals surface area contributed by atoms with Crippen molar-refractivity contribution in [3.05, 3.63) is 39.6 Å². The number of nitrogens with zero attached hydrogens (tertiary/aromatic N) is 3. The third-order valence-corrected chi connectivity index (χ3v) is 5.23. The number of carbonyl (C=O) groups excluding carboxylic acids is 1. The number of hydrogen-bond donors (Lipinski definition) is 0. The van der Waals surface area contributed by atoms with Crippen LogP contribution in [0.4, 0.5) is 0 Å². The number of carbonyl (C=O) groups is 1. The topological polar surface area (TPSA) is 38.1 Å². The molecule has 0 saturated carbocycles. The van der Waals surface area contributed by atoms with Gasteiger partial charge in [0.2, 0.25) is 5.91 Å². The fourth-order valence-corrected chi connectivity index (χ4v) is 3.98. The van der Waals surface area contributed by atoms with Gasteiger partial charge in [-0.3, -0.25) is 4.79 Å². The lowest BCUT2D eigenvalue weighted by Crippen LogP contribution is -2.31. The number of imidazole rings is 1. The van der Waals surface area contributed by atoms with Gasteiger partial charge in [0.05, 0.1) is 10.4 Å². The molecule has 2 aromatic heterocycles. The Morgan fingerprint density at radius 2 is 2.38 bits per heavy atom. The zero-order valence-corrected chi connectivity index (χ0v) is 13.5. The van der Waals surface area contributed by atoms with E-state index >= 15 is 0 Å². The third-order valence-electron chi connectivity index (χ3n) is 3.94. The second-order valence-electron chi connectivity index (χ2n) is 5.35. The summed E-state index contributed by atoms with van der Waals surface area (Å²) in [6.07, 6.45) is 7.08. The summed E-state index contributed by atoms with van der Waals surface area (Å²) >= 11 is 7.47. The Morgan fingerprint density at radius 3 is 3.05 bits per heavy atom. The highest BCUT2D eigenvalue weighted by Gasteiger charge is 2.31. The molecule has 4 nitrogen and oxygen atoms in total.